The molecule has 3 aromatic rings. The minimum absolute atomic E-state index is 0.00216. The fraction of sp³-hybridized carbons (Fsp3) is 0.333. The summed E-state index contributed by atoms with van der Waals surface area (Å²) in [5, 5.41) is 2.66. The number of amides is 2. The lowest BCUT2D eigenvalue weighted by Crippen LogP contribution is -2.48. The fourth-order valence-electron chi connectivity index (χ4n) is 4.47. The summed E-state index contributed by atoms with van der Waals surface area (Å²) in [4.78, 5) is 31.4. The van der Waals surface area contributed by atoms with E-state index >= 15 is 0 Å². The van der Waals surface area contributed by atoms with Gasteiger partial charge in [-0.3, -0.25) is 9.59 Å². The number of hydrogen-bond acceptors (Lipinski definition) is 4. The Morgan fingerprint density at radius 1 is 1.11 bits per heavy atom. The van der Waals surface area contributed by atoms with Crippen LogP contribution in [0.2, 0.25) is 5.02 Å². The van der Waals surface area contributed by atoms with Gasteiger partial charge in [-0.05, 0) is 78.6 Å². The first-order chi connectivity index (χ1) is 17.0. The Morgan fingerprint density at radius 3 is 2.63 bits per heavy atom. The van der Waals surface area contributed by atoms with Crippen LogP contribution in [0.5, 0.6) is 5.75 Å². The standard InChI is InChI=1S/C27H26ClFN2O3S/c28-19-7-9-20(10-8-19)34-17-24-22-12-14-35-25(22)11-13-31(24)26(32)16-30(15-18-5-6-18)27(33)21-3-1-2-4-23(21)29/h1-4,7-10,12,14,18,24H,5-6,11,13,15-17H2/t24-/m1/s1. The highest BCUT2D eigenvalue weighted by Crippen LogP contribution is 2.35. The lowest BCUT2D eigenvalue weighted by molar-refractivity contribution is -0.135. The van der Waals surface area contributed by atoms with Gasteiger partial charge in [-0.25, -0.2) is 4.39 Å². The molecule has 0 bridgehead atoms. The van der Waals surface area contributed by atoms with E-state index in [1.54, 1.807) is 52.6 Å². The zero-order valence-corrected chi connectivity index (χ0v) is 20.7. The van der Waals surface area contributed by atoms with Gasteiger partial charge < -0.3 is 14.5 Å². The monoisotopic (exact) mass is 512 g/mol. The van der Waals surface area contributed by atoms with E-state index in [0.29, 0.717) is 36.4 Å². The van der Waals surface area contributed by atoms with Crippen molar-refractivity contribution < 1.29 is 18.7 Å². The van der Waals surface area contributed by atoms with Crippen molar-refractivity contribution in [2.24, 2.45) is 5.92 Å². The summed E-state index contributed by atoms with van der Waals surface area (Å²) in [6.07, 6.45) is 2.81. The van der Waals surface area contributed by atoms with Crippen LogP contribution in [0.3, 0.4) is 0 Å². The number of halogens is 2. The Bertz CT molecular complexity index is 1210. The molecule has 2 aromatic carbocycles. The highest BCUT2D eigenvalue weighted by atomic mass is 35.5. The number of ether oxygens (including phenoxy) is 1. The number of nitrogens with zero attached hydrogens (tertiary/aromatic N) is 2. The number of hydrogen-bond donors (Lipinski definition) is 0. The molecule has 0 spiro atoms. The van der Waals surface area contributed by atoms with Gasteiger partial charge in [0.2, 0.25) is 5.91 Å². The van der Waals surface area contributed by atoms with Crippen molar-refractivity contribution in [2.75, 3.05) is 26.2 Å². The van der Waals surface area contributed by atoms with Crippen molar-refractivity contribution in [1.29, 1.82) is 0 Å². The molecule has 2 heterocycles. The highest BCUT2D eigenvalue weighted by molar-refractivity contribution is 7.10. The first-order valence-electron chi connectivity index (χ1n) is 11.8. The Hall–Kier alpha value is -2.90. The maximum absolute atomic E-state index is 14.4. The van der Waals surface area contributed by atoms with Crippen LogP contribution in [-0.2, 0) is 11.2 Å². The van der Waals surface area contributed by atoms with Crippen molar-refractivity contribution in [3.8, 4) is 5.75 Å². The van der Waals surface area contributed by atoms with Gasteiger partial charge in [0.15, 0.2) is 0 Å². The fourth-order valence-corrected chi connectivity index (χ4v) is 5.53. The minimum atomic E-state index is -0.569. The van der Waals surface area contributed by atoms with Crippen LogP contribution in [0.4, 0.5) is 4.39 Å². The van der Waals surface area contributed by atoms with Crippen LogP contribution >= 0.6 is 22.9 Å². The van der Waals surface area contributed by atoms with Crippen LogP contribution in [0, 0.1) is 11.7 Å². The molecular weight excluding hydrogens is 487 g/mol. The number of carbonyl (C=O) groups excluding carboxylic acids is 2. The molecule has 1 saturated carbocycles. The summed E-state index contributed by atoms with van der Waals surface area (Å²) < 4.78 is 20.4. The van der Waals surface area contributed by atoms with E-state index in [-0.39, 0.29) is 24.1 Å². The number of carbonyl (C=O) groups is 2. The van der Waals surface area contributed by atoms with E-state index in [9.17, 15) is 14.0 Å². The van der Waals surface area contributed by atoms with Gasteiger partial charge in [0, 0.05) is 23.0 Å². The van der Waals surface area contributed by atoms with Crippen molar-refractivity contribution in [3.05, 3.63) is 86.8 Å². The summed E-state index contributed by atoms with van der Waals surface area (Å²) in [5.74, 6) is -0.120. The summed E-state index contributed by atoms with van der Waals surface area (Å²) in [7, 11) is 0. The molecule has 1 aliphatic heterocycles. The van der Waals surface area contributed by atoms with Gasteiger partial charge in [0.25, 0.3) is 5.91 Å². The maximum Gasteiger partial charge on any atom is 0.257 e. The normalized spacial score (nSPS) is 17.1. The molecule has 5 nitrogen and oxygen atoms in total. The van der Waals surface area contributed by atoms with Crippen molar-refractivity contribution in [3.63, 3.8) is 0 Å². The molecule has 0 unspecified atom stereocenters. The molecule has 5 rings (SSSR count). The predicted octanol–water partition coefficient (Wildman–Crippen LogP) is 5.60. The maximum atomic E-state index is 14.4. The largest absolute Gasteiger partial charge is 0.491 e. The smallest absolute Gasteiger partial charge is 0.257 e. The average molecular weight is 513 g/mol. The molecular formula is C27H26ClFN2O3S. The molecule has 0 saturated heterocycles. The highest BCUT2D eigenvalue weighted by Gasteiger charge is 2.35. The third-order valence-electron chi connectivity index (χ3n) is 6.53. The third-order valence-corrected chi connectivity index (χ3v) is 7.78. The van der Waals surface area contributed by atoms with Gasteiger partial charge in [-0.15, -0.1) is 11.3 Å². The van der Waals surface area contributed by atoms with Crippen LogP contribution in [0.1, 0.15) is 39.7 Å². The molecule has 2 amide bonds. The molecule has 1 aliphatic carbocycles. The second-order valence-electron chi connectivity index (χ2n) is 9.03. The molecule has 35 heavy (non-hydrogen) atoms. The van der Waals surface area contributed by atoms with Gasteiger partial charge in [0.1, 0.15) is 24.7 Å². The van der Waals surface area contributed by atoms with Crippen LogP contribution in [-0.4, -0.2) is 47.9 Å². The Morgan fingerprint density at radius 2 is 1.89 bits per heavy atom. The van der Waals surface area contributed by atoms with Crippen molar-refractivity contribution in [2.45, 2.75) is 25.3 Å². The van der Waals surface area contributed by atoms with Crippen LogP contribution in [0.25, 0.3) is 0 Å². The topological polar surface area (TPSA) is 49.9 Å². The summed E-state index contributed by atoms with van der Waals surface area (Å²) in [5.41, 5.74) is 1.08. The van der Waals surface area contributed by atoms with Gasteiger partial charge in [-0.2, -0.15) is 0 Å². The number of thiophene rings is 1. The molecule has 0 radical (unpaired) electrons. The average Bonchev–Trinajstić information content (AvgIpc) is 3.55. The Labute approximate surface area is 213 Å². The van der Waals surface area contributed by atoms with Crippen molar-refractivity contribution >= 4 is 34.8 Å². The third kappa shape index (κ3) is 5.52. The molecule has 0 N–H and O–H groups in total. The summed E-state index contributed by atoms with van der Waals surface area (Å²) in [6.45, 7) is 1.22. The lowest BCUT2D eigenvalue weighted by atomic mass is 10.00. The SMILES string of the molecule is O=C(c1ccccc1F)N(CC(=O)N1CCc2sccc2[C@H]1COc1ccc(Cl)cc1)CC1CC1. The molecule has 182 valence electrons. The molecule has 8 heteroatoms. The number of rotatable bonds is 8. The second-order valence-corrected chi connectivity index (χ2v) is 10.5. The molecule has 2 aliphatic rings. The second kappa shape index (κ2) is 10.4. The first kappa shape index (κ1) is 23.8. The Kier molecular flexibility index (Phi) is 7.07. The van der Waals surface area contributed by atoms with Crippen molar-refractivity contribution in [1.82, 2.24) is 9.80 Å². The van der Waals surface area contributed by atoms with Gasteiger partial charge >= 0.3 is 0 Å². The number of benzene rings is 2. The molecule has 1 atom stereocenters. The lowest BCUT2D eigenvalue weighted by Gasteiger charge is -2.37. The zero-order chi connectivity index (χ0) is 24.4. The number of fused-ring (bicyclic) bond motifs is 1. The van der Waals surface area contributed by atoms with E-state index in [0.717, 1.165) is 24.8 Å². The zero-order valence-electron chi connectivity index (χ0n) is 19.2. The van der Waals surface area contributed by atoms with Crippen LogP contribution in [0.15, 0.2) is 60.0 Å². The Balaban J connectivity index is 1.34. The minimum Gasteiger partial charge on any atom is -0.491 e. The van der Waals surface area contributed by atoms with E-state index in [1.807, 2.05) is 11.4 Å². The summed E-state index contributed by atoms with van der Waals surface area (Å²) in [6, 6.07) is 14.9. The van der Waals surface area contributed by atoms with E-state index in [4.69, 9.17) is 16.3 Å². The van der Waals surface area contributed by atoms with E-state index in [1.165, 1.54) is 21.9 Å². The predicted molar refractivity (Wildman–Crippen MR) is 134 cm³/mol. The molecule has 1 aromatic heterocycles. The van der Waals surface area contributed by atoms with E-state index in [2.05, 4.69) is 0 Å². The van der Waals surface area contributed by atoms with Crippen LogP contribution < -0.4 is 4.74 Å². The summed E-state index contributed by atoms with van der Waals surface area (Å²) >= 11 is 7.67. The van der Waals surface area contributed by atoms with E-state index < -0.39 is 11.7 Å². The first-order valence-corrected chi connectivity index (χ1v) is 13.0. The van der Waals surface area contributed by atoms with Gasteiger partial charge in [-0.1, -0.05) is 23.7 Å². The van der Waals surface area contributed by atoms with Gasteiger partial charge in [0.05, 0.1) is 11.6 Å². The quantitative estimate of drug-likeness (QED) is 0.395. The molecule has 1 fully saturated rings.